The Morgan fingerprint density at radius 2 is 2.00 bits per heavy atom. The fraction of sp³-hybridized carbons (Fsp3) is 0.250. The third kappa shape index (κ3) is 1.66. The van der Waals surface area contributed by atoms with Crippen molar-refractivity contribution in [1.29, 1.82) is 0 Å². The molecule has 0 saturated heterocycles. The van der Waals surface area contributed by atoms with E-state index < -0.39 is 6.10 Å². The number of aliphatic hydroxyl groups excluding tert-OH is 2. The molecule has 6 N–H and O–H groups in total. The minimum atomic E-state index is -0.925. The van der Waals surface area contributed by atoms with Crippen molar-refractivity contribution in [3.63, 3.8) is 0 Å². The summed E-state index contributed by atoms with van der Waals surface area (Å²) in [5, 5.41) is 17.9. The highest BCUT2D eigenvalue weighted by Crippen LogP contribution is 2.21. The molecule has 0 aliphatic carbocycles. The maximum atomic E-state index is 9.23. The molecule has 66 valence electrons. The van der Waals surface area contributed by atoms with E-state index in [1.54, 1.807) is 18.2 Å². The van der Waals surface area contributed by atoms with Crippen molar-refractivity contribution >= 4 is 11.4 Å². The fourth-order valence-corrected chi connectivity index (χ4v) is 0.995. The third-order valence-electron chi connectivity index (χ3n) is 1.64. The zero-order chi connectivity index (χ0) is 9.14. The molecule has 0 radical (unpaired) electrons. The molecule has 1 rings (SSSR count). The lowest BCUT2D eigenvalue weighted by Crippen LogP contribution is -2.06. The molecule has 0 saturated carbocycles. The van der Waals surface area contributed by atoms with Gasteiger partial charge in [0, 0.05) is 16.9 Å². The average molecular weight is 168 g/mol. The van der Waals surface area contributed by atoms with Crippen LogP contribution in [0.25, 0.3) is 0 Å². The van der Waals surface area contributed by atoms with E-state index in [0.29, 0.717) is 16.9 Å². The summed E-state index contributed by atoms with van der Waals surface area (Å²) in [6.45, 7) is -0.339. The first kappa shape index (κ1) is 8.83. The van der Waals surface area contributed by atoms with E-state index in [-0.39, 0.29) is 6.61 Å². The van der Waals surface area contributed by atoms with E-state index in [9.17, 15) is 5.11 Å². The van der Waals surface area contributed by atoms with Crippen LogP contribution in [0.1, 0.15) is 11.7 Å². The highest BCUT2D eigenvalue weighted by atomic mass is 16.3. The Morgan fingerprint density at radius 1 is 1.33 bits per heavy atom. The minimum Gasteiger partial charge on any atom is -0.399 e. The van der Waals surface area contributed by atoms with Gasteiger partial charge in [0.1, 0.15) is 6.10 Å². The molecule has 0 fully saturated rings. The smallest absolute Gasteiger partial charge is 0.104 e. The second kappa shape index (κ2) is 3.42. The van der Waals surface area contributed by atoms with Crippen LogP contribution < -0.4 is 11.5 Å². The molecule has 4 heteroatoms. The van der Waals surface area contributed by atoms with E-state index in [0.717, 1.165) is 0 Å². The van der Waals surface area contributed by atoms with Crippen molar-refractivity contribution in [2.24, 2.45) is 0 Å². The molecule has 1 aromatic carbocycles. The van der Waals surface area contributed by atoms with Gasteiger partial charge in [-0.25, -0.2) is 0 Å². The minimum absolute atomic E-state index is 0.339. The van der Waals surface area contributed by atoms with E-state index in [1.165, 1.54) is 0 Å². The van der Waals surface area contributed by atoms with Crippen molar-refractivity contribution in [3.05, 3.63) is 23.8 Å². The third-order valence-corrected chi connectivity index (χ3v) is 1.64. The molecule has 1 unspecified atom stereocenters. The highest BCUT2D eigenvalue weighted by molar-refractivity contribution is 5.57. The zero-order valence-corrected chi connectivity index (χ0v) is 6.57. The maximum absolute atomic E-state index is 9.23. The second-order valence-electron chi connectivity index (χ2n) is 2.59. The van der Waals surface area contributed by atoms with E-state index in [1.807, 2.05) is 0 Å². The van der Waals surface area contributed by atoms with Crippen LogP contribution in [-0.2, 0) is 0 Å². The summed E-state index contributed by atoms with van der Waals surface area (Å²) < 4.78 is 0. The van der Waals surface area contributed by atoms with Crippen LogP contribution in [0.15, 0.2) is 18.2 Å². The molecule has 1 aromatic rings. The van der Waals surface area contributed by atoms with Gasteiger partial charge in [-0.2, -0.15) is 0 Å². The van der Waals surface area contributed by atoms with Gasteiger partial charge < -0.3 is 21.7 Å². The Kier molecular flexibility index (Phi) is 2.52. The largest absolute Gasteiger partial charge is 0.399 e. The molecule has 0 aromatic heterocycles. The van der Waals surface area contributed by atoms with Gasteiger partial charge in [-0.3, -0.25) is 0 Å². The van der Waals surface area contributed by atoms with Crippen LogP contribution in [0.4, 0.5) is 11.4 Å². The number of nitrogens with two attached hydrogens (primary N) is 2. The SMILES string of the molecule is Nc1ccc(C(O)CO)c(N)c1. The molecular weight excluding hydrogens is 156 g/mol. The molecule has 12 heavy (non-hydrogen) atoms. The number of hydrogen-bond donors (Lipinski definition) is 4. The van der Waals surface area contributed by atoms with Crippen molar-refractivity contribution in [1.82, 2.24) is 0 Å². The molecule has 0 heterocycles. The van der Waals surface area contributed by atoms with E-state index in [2.05, 4.69) is 0 Å². The van der Waals surface area contributed by atoms with Gasteiger partial charge in [0.15, 0.2) is 0 Å². The van der Waals surface area contributed by atoms with Crippen LogP contribution in [-0.4, -0.2) is 16.8 Å². The lowest BCUT2D eigenvalue weighted by molar-refractivity contribution is 0.0962. The van der Waals surface area contributed by atoms with Crippen LogP contribution in [0.5, 0.6) is 0 Å². The average Bonchev–Trinajstić information content (AvgIpc) is 2.03. The van der Waals surface area contributed by atoms with Crippen molar-refractivity contribution in [2.75, 3.05) is 18.1 Å². The van der Waals surface area contributed by atoms with E-state index in [4.69, 9.17) is 16.6 Å². The normalized spacial score (nSPS) is 12.8. The number of nitrogen functional groups attached to an aromatic ring is 2. The summed E-state index contributed by atoms with van der Waals surface area (Å²) in [7, 11) is 0. The molecule has 0 aliphatic rings. The van der Waals surface area contributed by atoms with Gasteiger partial charge in [0.05, 0.1) is 6.61 Å². The van der Waals surface area contributed by atoms with Crippen LogP contribution in [0.3, 0.4) is 0 Å². The maximum Gasteiger partial charge on any atom is 0.104 e. The van der Waals surface area contributed by atoms with Gasteiger partial charge in [0.25, 0.3) is 0 Å². The Morgan fingerprint density at radius 3 is 2.50 bits per heavy atom. The summed E-state index contributed by atoms with van der Waals surface area (Å²) in [6, 6.07) is 4.78. The predicted octanol–water partition coefficient (Wildman–Crippen LogP) is -0.123. The molecule has 1 atom stereocenters. The first-order valence-corrected chi connectivity index (χ1v) is 3.59. The zero-order valence-electron chi connectivity index (χ0n) is 6.57. The second-order valence-corrected chi connectivity index (χ2v) is 2.59. The van der Waals surface area contributed by atoms with Crippen LogP contribution >= 0.6 is 0 Å². The topological polar surface area (TPSA) is 92.5 Å². The Balaban J connectivity index is 3.01. The van der Waals surface area contributed by atoms with Gasteiger partial charge in [-0.1, -0.05) is 6.07 Å². The van der Waals surface area contributed by atoms with Crippen molar-refractivity contribution < 1.29 is 10.2 Å². The van der Waals surface area contributed by atoms with Gasteiger partial charge >= 0.3 is 0 Å². The number of anilines is 2. The number of hydrogen-bond acceptors (Lipinski definition) is 4. The Bertz CT molecular complexity index is 276. The van der Waals surface area contributed by atoms with Gasteiger partial charge in [-0.15, -0.1) is 0 Å². The summed E-state index contributed by atoms with van der Waals surface area (Å²) in [4.78, 5) is 0. The lowest BCUT2D eigenvalue weighted by Gasteiger charge is -2.10. The summed E-state index contributed by atoms with van der Waals surface area (Å²) >= 11 is 0. The predicted molar refractivity (Wildman–Crippen MR) is 47.3 cm³/mol. The molecule has 0 amide bonds. The van der Waals surface area contributed by atoms with Crippen molar-refractivity contribution in [3.8, 4) is 0 Å². The van der Waals surface area contributed by atoms with Crippen LogP contribution in [0.2, 0.25) is 0 Å². The number of benzene rings is 1. The fourth-order valence-electron chi connectivity index (χ4n) is 0.995. The highest BCUT2D eigenvalue weighted by Gasteiger charge is 2.08. The molecule has 4 nitrogen and oxygen atoms in total. The van der Waals surface area contributed by atoms with Gasteiger partial charge in [-0.05, 0) is 12.1 Å². The van der Waals surface area contributed by atoms with Gasteiger partial charge in [0.2, 0.25) is 0 Å². The Hall–Kier alpha value is -1.26. The molecule has 0 bridgehead atoms. The van der Waals surface area contributed by atoms with Crippen molar-refractivity contribution in [2.45, 2.75) is 6.10 Å². The summed E-state index contributed by atoms with van der Waals surface area (Å²) in [6.07, 6.45) is -0.925. The first-order valence-electron chi connectivity index (χ1n) is 3.59. The molecular formula is C8H12N2O2. The van der Waals surface area contributed by atoms with Crippen LogP contribution in [0, 0.1) is 0 Å². The number of aliphatic hydroxyl groups is 2. The summed E-state index contributed by atoms with van der Waals surface area (Å²) in [5.41, 5.74) is 12.4. The van der Waals surface area contributed by atoms with E-state index >= 15 is 0 Å². The summed E-state index contributed by atoms with van der Waals surface area (Å²) in [5.74, 6) is 0. The quantitative estimate of drug-likeness (QED) is 0.463. The monoisotopic (exact) mass is 168 g/mol. The Labute approximate surface area is 70.4 Å². The molecule has 0 spiro atoms. The first-order chi connectivity index (χ1) is 5.65. The lowest BCUT2D eigenvalue weighted by atomic mass is 10.1. The standard InChI is InChI=1S/C8H12N2O2/c9-5-1-2-6(7(10)3-5)8(12)4-11/h1-3,8,11-12H,4,9-10H2. The molecule has 0 aliphatic heterocycles. The number of rotatable bonds is 2.